The number of hydrogen-bond acceptors (Lipinski definition) is 4. The normalized spacial score (nSPS) is 20.6. The van der Waals surface area contributed by atoms with E-state index in [0.717, 1.165) is 48.0 Å². The predicted molar refractivity (Wildman–Crippen MR) is 85.7 cm³/mol. The maximum Gasteiger partial charge on any atom is 0.161 e. The van der Waals surface area contributed by atoms with Crippen LogP contribution in [0, 0.1) is 0 Å². The van der Waals surface area contributed by atoms with Gasteiger partial charge in [0, 0.05) is 30.9 Å². The number of nitrogens with one attached hydrogen (secondary N) is 1. The molecule has 7 nitrogen and oxygen atoms in total. The molecule has 1 fully saturated rings. The molecular formula is C14H18N6OS. The van der Waals surface area contributed by atoms with E-state index in [9.17, 15) is 4.21 Å². The van der Waals surface area contributed by atoms with Crippen molar-refractivity contribution >= 4 is 33.1 Å². The lowest BCUT2D eigenvalue weighted by Gasteiger charge is -2.39. The van der Waals surface area contributed by atoms with Crippen LogP contribution in [0.4, 0.5) is 0 Å². The first kappa shape index (κ1) is 13.8. The van der Waals surface area contributed by atoms with E-state index >= 15 is 0 Å². The average Bonchev–Trinajstić information content (AvgIpc) is 3.13. The van der Waals surface area contributed by atoms with Crippen molar-refractivity contribution in [3.8, 4) is 0 Å². The minimum atomic E-state index is -0.897. The Hall–Kier alpha value is -1.80. The number of hydrogen-bond donors (Lipinski definition) is 1. The molecule has 0 saturated carbocycles. The zero-order chi connectivity index (χ0) is 15.3. The maximum absolute atomic E-state index is 11.6. The molecule has 1 saturated heterocycles. The summed E-state index contributed by atoms with van der Waals surface area (Å²) in [5.41, 5.74) is 2.58. The van der Waals surface area contributed by atoms with Crippen molar-refractivity contribution in [3.63, 3.8) is 0 Å². The Labute approximate surface area is 130 Å². The van der Waals surface area contributed by atoms with Crippen molar-refractivity contribution in [1.82, 2.24) is 29.3 Å². The van der Waals surface area contributed by atoms with Gasteiger partial charge < -0.3 is 0 Å². The zero-order valence-electron chi connectivity index (χ0n) is 12.6. The summed E-state index contributed by atoms with van der Waals surface area (Å²) in [7, 11) is -0.897. The van der Waals surface area contributed by atoms with Gasteiger partial charge in [-0.15, -0.1) is 0 Å². The summed E-state index contributed by atoms with van der Waals surface area (Å²) in [6.07, 6.45) is 7.13. The van der Waals surface area contributed by atoms with E-state index in [2.05, 4.69) is 31.9 Å². The molecule has 0 radical (unpaired) electrons. The Morgan fingerprint density at radius 2 is 2.09 bits per heavy atom. The van der Waals surface area contributed by atoms with Crippen LogP contribution < -0.4 is 0 Å². The Bertz CT molecular complexity index is 861. The van der Waals surface area contributed by atoms with E-state index < -0.39 is 11.0 Å². The quantitative estimate of drug-likeness (QED) is 0.775. The molecule has 116 valence electrons. The van der Waals surface area contributed by atoms with Crippen molar-refractivity contribution in [1.29, 1.82) is 0 Å². The summed E-state index contributed by atoms with van der Waals surface area (Å²) in [5, 5.41) is 8.57. The topological polar surface area (TPSA) is 79.7 Å². The second-order valence-corrected chi connectivity index (χ2v) is 7.44. The molecule has 22 heavy (non-hydrogen) atoms. The highest BCUT2D eigenvalue weighted by Crippen LogP contribution is 2.33. The van der Waals surface area contributed by atoms with Crippen LogP contribution in [0.1, 0.15) is 19.8 Å². The van der Waals surface area contributed by atoms with Crippen LogP contribution in [0.3, 0.4) is 0 Å². The Morgan fingerprint density at radius 3 is 2.82 bits per heavy atom. The molecule has 0 amide bonds. The lowest BCUT2D eigenvalue weighted by molar-refractivity contribution is 0.170. The highest BCUT2D eigenvalue weighted by molar-refractivity contribution is 7.81. The third-order valence-electron chi connectivity index (χ3n) is 4.68. The van der Waals surface area contributed by atoms with E-state index in [4.69, 9.17) is 0 Å². The van der Waals surface area contributed by atoms with Crippen LogP contribution in [-0.4, -0.2) is 52.8 Å². The minimum absolute atomic E-state index is 0.0732. The van der Waals surface area contributed by atoms with E-state index in [1.54, 1.807) is 18.6 Å². The fourth-order valence-electron chi connectivity index (χ4n) is 3.25. The number of rotatable bonds is 2. The van der Waals surface area contributed by atoms with Gasteiger partial charge in [-0.05, 0) is 25.8 Å². The molecule has 0 aromatic carbocycles. The number of aromatic nitrogens is 5. The molecule has 8 heteroatoms. The molecule has 3 aromatic rings. The second-order valence-electron chi connectivity index (χ2n) is 6.07. The highest BCUT2D eigenvalue weighted by Gasteiger charge is 2.34. The number of nitrogens with zero attached hydrogens (tertiary/aromatic N) is 5. The molecule has 3 aromatic heterocycles. The minimum Gasteiger partial charge on any atom is -0.263 e. The van der Waals surface area contributed by atoms with E-state index in [1.165, 1.54) is 0 Å². The number of aromatic amines is 1. The zero-order valence-corrected chi connectivity index (χ0v) is 13.4. The molecule has 1 aliphatic rings. The number of fused-ring (bicyclic) bond motifs is 3. The van der Waals surface area contributed by atoms with Gasteiger partial charge in [0.15, 0.2) is 5.65 Å². The fourth-order valence-corrected chi connectivity index (χ4v) is 3.94. The monoisotopic (exact) mass is 318 g/mol. The molecule has 1 unspecified atom stereocenters. The lowest BCUT2D eigenvalue weighted by Crippen LogP contribution is -2.45. The maximum atomic E-state index is 11.6. The molecule has 0 aliphatic carbocycles. The van der Waals surface area contributed by atoms with E-state index in [0.29, 0.717) is 0 Å². The molecule has 1 aliphatic heterocycles. The first-order valence-corrected chi connectivity index (χ1v) is 8.85. The summed E-state index contributed by atoms with van der Waals surface area (Å²) >= 11 is 0. The highest BCUT2D eigenvalue weighted by atomic mass is 32.2. The Morgan fingerprint density at radius 1 is 1.32 bits per heavy atom. The molecule has 1 atom stereocenters. The standard InChI is InChI=1S/C14H18N6OS/c1-14(4-7-19(8-5-14)22(2)21)20-12-10-3-6-15-13(10)16-9-11(12)17-18-20/h3,6,9,18H,4-5,7-8H2,1-2H3. The number of pyridine rings is 1. The number of H-pyrrole nitrogens is 1. The van der Waals surface area contributed by atoms with Gasteiger partial charge in [-0.2, -0.15) is 5.10 Å². The summed E-state index contributed by atoms with van der Waals surface area (Å²) < 4.78 is 15.8. The SMILES string of the molecule is CS(=O)N1CCC(C)(n2[nH]nc3cnc4nccc4c32)CC1. The summed E-state index contributed by atoms with van der Waals surface area (Å²) in [5.74, 6) is 0. The van der Waals surface area contributed by atoms with Gasteiger partial charge in [0.05, 0.1) is 28.2 Å². The van der Waals surface area contributed by atoms with Crippen LogP contribution in [0.2, 0.25) is 0 Å². The third kappa shape index (κ3) is 1.98. The van der Waals surface area contributed by atoms with Gasteiger partial charge in [-0.25, -0.2) is 23.7 Å². The van der Waals surface area contributed by atoms with Crippen molar-refractivity contribution in [3.05, 3.63) is 18.5 Å². The number of piperidine rings is 1. The molecule has 4 heterocycles. The first-order valence-electron chi connectivity index (χ1n) is 7.34. The average molecular weight is 318 g/mol. The van der Waals surface area contributed by atoms with Crippen LogP contribution in [-0.2, 0) is 16.5 Å². The van der Waals surface area contributed by atoms with E-state index in [1.807, 2.05) is 10.4 Å². The van der Waals surface area contributed by atoms with Gasteiger partial charge in [0.2, 0.25) is 0 Å². The summed E-state index contributed by atoms with van der Waals surface area (Å²) in [4.78, 5) is 8.61. The smallest absolute Gasteiger partial charge is 0.161 e. The molecule has 1 N–H and O–H groups in total. The Kier molecular flexibility index (Phi) is 3.05. The van der Waals surface area contributed by atoms with Crippen molar-refractivity contribution < 1.29 is 4.21 Å². The van der Waals surface area contributed by atoms with Gasteiger partial charge in [-0.1, -0.05) is 0 Å². The lowest BCUT2D eigenvalue weighted by atomic mass is 9.90. The fraction of sp³-hybridized carbons (Fsp3) is 0.500. The molecule has 0 bridgehead atoms. The summed E-state index contributed by atoms with van der Waals surface area (Å²) in [6, 6.07) is 1.98. The van der Waals surface area contributed by atoms with Crippen molar-refractivity contribution in [2.45, 2.75) is 25.3 Å². The van der Waals surface area contributed by atoms with Gasteiger partial charge in [0.25, 0.3) is 0 Å². The second kappa shape index (κ2) is 4.85. The van der Waals surface area contributed by atoms with Crippen LogP contribution in [0.5, 0.6) is 0 Å². The largest absolute Gasteiger partial charge is 0.263 e. The van der Waals surface area contributed by atoms with Crippen LogP contribution >= 0.6 is 0 Å². The van der Waals surface area contributed by atoms with Crippen LogP contribution in [0.25, 0.3) is 22.1 Å². The van der Waals surface area contributed by atoms with Gasteiger partial charge >= 0.3 is 0 Å². The Balaban J connectivity index is 1.81. The van der Waals surface area contributed by atoms with Crippen molar-refractivity contribution in [2.24, 2.45) is 0 Å². The summed E-state index contributed by atoms with van der Waals surface area (Å²) in [6.45, 7) is 3.87. The first-order chi connectivity index (χ1) is 10.6. The van der Waals surface area contributed by atoms with Crippen molar-refractivity contribution in [2.75, 3.05) is 19.3 Å². The third-order valence-corrected chi connectivity index (χ3v) is 5.78. The molecular weight excluding hydrogens is 300 g/mol. The van der Waals surface area contributed by atoms with Crippen LogP contribution in [0.15, 0.2) is 18.5 Å². The van der Waals surface area contributed by atoms with Gasteiger partial charge in [0.1, 0.15) is 5.52 Å². The van der Waals surface area contributed by atoms with E-state index in [-0.39, 0.29) is 5.54 Å². The van der Waals surface area contributed by atoms with Gasteiger partial charge in [-0.3, -0.25) is 4.68 Å². The molecule has 4 rings (SSSR count). The predicted octanol–water partition coefficient (Wildman–Crippen LogP) is 1.41. The molecule has 0 spiro atoms.